The number of allylic oxidation sites excluding steroid dienone is 3. The SMILES string of the molecule is CC.Cc1ccc(Nc2cc(=O)n(C)nc2C(=O)N(C)CC(O)c2nc3c(n2C)CC/C=C\C=C/3)c(F)c1. The minimum Gasteiger partial charge on any atom is -0.383 e. The van der Waals surface area contributed by atoms with Crippen molar-refractivity contribution in [3.8, 4) is 0 Å². The van der Waals surface area contributed by atoms with Gasteiger partial charge in [0.1, 0.15) is 17.7 Å². The molecule has 1 unspecified atom stereocenters. The molecule has 0 radical (unpaired) electrons. The molecule has 2 heterocycles. The fraction of sp³-hybridized carbons (Fsp3) is 0.357. The number of hydrogen-bond donors (Lipinski definition) is 2. The van der Waals surface area contributed by atoms with Crippen LogP contribution in [-0.2, 0) is 20.5 Å². The topological polar surface area (TPSA) is 105 Å². The minimum absolute atomic E-state index is 0.0621. The normalized spacial score (nSPS) is 14.7. The van der Waals surface area contributed by atoms with Gasteiger partial charge in [0, 0.05) is 32.9 Å². The molecule has 1 atom stereocenters. The number of carbonyl (C=O) groups excluding carboxylic acids is 1. The number of aliphatic hydroxyl groups is 1. The summed E-state index contributed by atoms with van der Waals surface area (Å²) in [5.41, 5.74) is 2.18. The molecule has 4 rings (SSSR count). The van der Waals surface area contributed by atoms with Gasteiger partial charge in [-0.2, -0.15) is 5.10 Å². The average Bonchev–Trinajstić information content (AvgIpc) is 3.17. The Kier molecular flexibility index (Phi) is 9.35. The van der Waals surface area contributed by atoms with E-state index in [0.29, 0.717) is 5.82 Å². The number of nitrogens with one attached hydrogen (secondary N) is 1. The molecule has 0 aliphatic heterocycles. The highest BCUT2D eigenvalue weighted by Gasteiger charge is 2.25. The first-order valence-electron chi connectivity index (χ1n) is 12.6. The van der Waals surface area contributed by atoms with E-state index in [9.17, 15) is 19.1 Å². The molecule has 0 spiro atoms. The van der Waals surface area contributed by atoms with E-state index < -0.39 is 23.4 Å². The number of fused-ring (bicyclic) bond motifs is 1. The number of imidazole rings is 1. The van der Waals surface area contributed by atoms with Gasteiger partial charge in [0.05, 0.1) is 23.6 Å². The molecule has 0 fully saturated rings. The molecule has 2 aromatic heterocycles. The van der Waals surface area contributed by atoms with Gasteiger partial charge in [0.15, 0.2) is 5.69 Å². The van der Waals surface area contributed by atoms with Crippen molar-refractivity contribution < 1.29 is 14.3 Å². The lowest BCUT2D eigenvalue weighted by Crippen LogP contribution is -2.34. The molecular weight excluding hydrogens is 487 g/mol. The lowest BCUT2D eigenvalue weighted by molar-refractivity contribution is 0.0657. The van der Waals surface area contributed by atoms with Gasteiger partial charge in [-0.05, 0) is 43.5 Å². The maximum absolute atomic E-state index is 14.4. The molecule has 1 amide bonds. The Morgan fingerprint density at radius 2 is 1.95 bits per heavy atom. The van der Waals surface area contributed by atoms with E-state index in [2.05, 4.69) is 21.5 Å². The fourth-order valence-electron chi connectivity index (χ4n) is 4.10. The van der Waals surface area contributed by atoms with Crippen LogP contribution in [0.2, 0.25) is 0 Å². The number of aryl methyl sites for hydroxylation is 2. The molecular formula is C28H35FN6O3. The van der Waals surface area contributed by atoms with Crippen molar-refractivity contribution in [1.82, 2.24) is 24.2 Å². The number of benzene rings is 1. The fourth-order valence-corrected chi connectivity index (χ4v) is 4.10. The molecule has 0 bridgehead atoms. The lowest BCUT2D eigenvalue weighted by atomic mass is 10.1. The number of likely N-dealkylation sites (N-methyl/N-ethyl adjacent to an activating group) is 1. The highest BCUT2D eigenvalue weighted by Crippen LogP contribution is 2.24. The van der Waals surface area contributed by atoms with Gasteiger partial charge in [-0.15, -0.1) is 0 Å². The molecule has 38 heavy (non-hydrogen) atoms. The maximum Gasteiger partial charge on any atom is 0.276 e. The van der Waals surface area contributed by atoms with Crippen molar-refractivity contribution in [3.05, 3.63) is 87.1 Å². The van der Waals surface area contributed by atoms with Crippen LogP contribution in [0.5, 0.6) is 0 Å². The van der Waals surface area contributed by atoms with Crippen LogP contribution in [0.15, 0.2) is 47.3 Å². The number of aromatic nitrogens is 4. The largest absolute Gasteiger partial charge is 0.383 e. The third-order valence-electron chi connectivity index (χ3n) is 6.11. The van der Waals surface area contributed by atoms with Gasteiger partial charge >= 0.3 is 0 Å². The molecule has 1 aromatic carbocycles. The van der Waals surface area contributed by atoms with Crippen molar-refractivity contribution in [2.75, 3.05) is 18.9 Å². The highest BCUT2D eigenvalue weighted by molar-refractivity contribution is 5.98. The van der Waals surface area contributed by atoms with Crippen molar-refractivity contribution in [2.45, 2.75) is 39.7 Å². The van der Waals surface area contributed by atoms with E-state index >= 15 is 0 Å². The zero-order chi connectivity index (χ0) is 28.0. The first-order valence-corrected chi connectivity index (χ1v) is 12.6. The average molecular weight is 523 g/mol. The minimum atomic E-state index is -1.06. The number of halogens is 1. The quantitative estimate of drug-likeness (QED) is 0.506. The second kappa shape index (κ2) is 12.5. The van der Waals surface area contributed by atoms with E-state index in [1.807, 2.05) is 43.7 Å². The van der Waals surface area contributed by atoms with Gasteiger partial charge in [0.25, 0.3) is 11.5 Å². The molecule has 2 N–H and O–H groups in total. The summed E-state index contributed by atoms with van der Waals surface area (Å²) in [4.78, 5) is 31.5. The summed E-state index contributed by atoms with van der Waals surface area (Å²) < 4.78 is 17.3. The number of hydrogen-bond acceptors (Lipinski definition) is 6. The zero-order valence-electron chi connectivity index (χ0n) is 22.7. The van der Waals surface area contributed by atoms with E-state index in [4.69, 9.17) is 0 Å². The Balaban J connectivity index is 0.00000195. The Labute approximate surface area is 221 Å². The molecule has 10 heteroatoms. The third-order valence-corrected chi connectivity index (χ3v) is 6.11. The van der Waals surface area contributed by atoms with E-state index in [0.717, 1.165) is 34.5 Å². The van der Waals surface area contributed by atoms with Crippen LogP contribution in [0.1, 0.15) is 59.6 Å². The summed E-state index contributed by atoms with van der Waals surface area (Å²) in [5, 5.41) is 17.9. The van der Waals surface area contributed by atoms with Crippen LogP contribution in [-0.4, -0.2) is 48.8 Å². The predicted octanol–water partition coefficient (Wildman–Crippen LogP) is 4.05. The molecule has 0 saturated carbocycles. The molecule has 1 aliphatic rings. The number of carbonyl (C=O) groups is 1. The Bertz CT molecular complexity index is 1420. The van der Waals surface area contributed by atoms with E-state index in [1.54, 1.807) is 13.0 Å². The predicted molar refractivity (Wildman–Crippen MR) is 147 cm³/mol. The number of amides is 1. The first-order chi connectivity index (χ1) is 18.2. The Hall–Kier alpha value is -4.05. The highest BCUT2D eigenvalue weighted by atomic mass is 19.1. The molecule has 1 aliphatic carbocycles. The van der Waals surface area contributed by atoms with Crippen LogP contribution < -0.4 is 10.9 Å². The maximum atomic E-state index is 14.4. The number of rotatable bonds is 6. The standard InChI is InChI=1S/C26H29FN6O3.C2H6/c1-16-11-12-18(17(27)13-16)28-20-14-23(35)33(4)30-24(20)26(36)31(2)15-22(34)25-29-19-9-7-5-6-8-10-21(19)32(25)3;1-2/h5-7,9,11-14,22,28,34H,8,10,15H2,1-4H3;1-2H3/b6-5-,9-7-;. The van der Waals surface area contributed by atoms with Crippen LogP contribution >= 0.6 is 0 Å². The van der Waals surface area contributed by atoms with Crippen molar-refractivity contribution in [2.24, 2.45) is 14.1 Å². The number of aliphatic hydroxyl groups excluding tert-OH is 1. The smallest absolute Gasteiger partial charge is 0.276 e. The summed E-state index contributed by atoms with van der Waals surface area (Å²) in [6.45, 7) is 5.70. The van der Waals surface area contributed by atoms with Gasteiger partial charge in [-0.25, -0.2) is 14.1 Å². The second-order valence-corrected chi connectivity index (χ2v) is 8.87. The van der Waals surface area contributed by atoms with Crippen LogP contribution in [0, 0.1) is 12.7 Å². The van der Waals surface area contributed by atoms with Crippen molar-refractivity contribution >= 4 is 23.4 Å². The summed E-state index contributed by atoms with van der Waals surface area (Å²) in [7, 11) is 4.80. The monoisotopic (exact) mass is 522 g/mol. The summed E-state index contributed by atoms with van der Waals surface area (Å²) in [6.07, 6.45) is 8.43. The van der Waals surface area contributed by atoms with Crippen molar-refractivity contribution in [1.29, 1.82) is 0 Å². The van der Waals surface area contributed by atoms with Crippen LogP contribution in [0.3, 0.4) is 0 Å². The van der Waals surface area contributed by atoms with E-state index in [-0.39, 0.29) is 23.6 Å². The second-order valence-electron chi connectivity index (χ2n) is 8.87. The van der Waals surface area contributed by atoms with Gasteiger partial charge in [-0.1, -0.05) is 38.1 Å². The van der Waals surface area contributed by atoms with Gasteiger partial charge in [0.2, 0.25) is 0 Å². The summed E-state index contributed by atoms with van der Waals surface area (Å²) in [5.74, 6) is -0.622. The summed E-state index contributed by atoms with van der Waals surface area (Å²) in [6, 6.07) is 5.79. The van der Waals surface area contributed by atoms with Crippen LogP contribution in [0.25, 0.3) is 6.08 Å². The Morgan fingerprint density at radius 1 is 1.21 bits per heavy atom. The first kappa shape index (κ1) is 28.5. The van der Waals surface area contributed by atoms with Gasteiger partial charge in [-0.3, -0.25) is 9.59 Å². The van der Waals surface area contributed by atoms with Crippen LogP contribution in [0.4, 0.5) is 15.8 Å². The number of anilines is 2. The van der Waals surface area contributed by atoms with E-state index in [1.165, 1.54) is 37.2 Å². The molecule has 0 saturated heterocycles. The zero-order valence-corrected chi connectivity index (χ0v) is 22.7. The van der Waals surface area contributed by atoms with Gasteiger partial charge < -0.3 is 19.9 Å². The Morgan fingerprint density at radius 3 is 2.66 bits per heavy atom. The number of nitrogens with zero attached hydrogens (tertiary/aromatic N) is 5. The third kappa shape index (κ3) is 6.25. The molecule has 202 valence electrons. The molecule has 3 aromatic rings. The summed E-state index contributed by atoms with van der Waals surface area (Å²) >= 11 is 0. The lowest BCUT2D eigenvalue weighted by Gasteiger charge is -2.22. The van der Waals surface area contributed by atoms with Crippen molar-refractivity contribution in [3.63, 3.8) is 0 Å². The molecule has 9 nitrogen and oxygen atoms in total.